The van der Waals surface area contributed by atoms with E-state index in [4.69, 9.17) is 0 Å². The number of carbonyl (C=O) groups excluding carboxylic acids is 1. The maximum absolute atomic E-state index is 12.8. The Morgan fingerprint density at radius 2 is 1.76 bits per heavy atom. The predicted octanol–water partition coefficient (Wildman–Crippen LogP) is 1.28. The zero-order chi connectivity index (χ0) is 17.6. The monoisotopic (exact) mass is 355 g/mol. The molecule has 0 saturated carbocycles. The van der Waals surface area contributed by atoms with Gasteiger partial charge in [-0.15, -0.1) is 0 Å². The van der Waals surface area contributed by atoms with Crippen LogP contribution in [0.25, 0.3) is 0 Å². The summed E-state index contributed by atoms with van der Waals surface area (Å²) in [6.45, 7) is 2.77. The molecule has 1 aromatic rings. The number of piperazine rings is 1. The van der Waals surface area contributed by atoms with E-state index in [2.05, 4.69) is 15.3 Å². The van der Waals surface area contributed by atoms with E-state index < -0.39 is 11.7 Å². The number of amides is 1. The van der Waals surface area contributed by atoms with Gasteiger partial charge in [0, 0.05) is 44.1 Å². The predicted molar refractivity (Wildman–Crippen MR) is 83.9 cm³/mol. The Balaban J connectivity index is 1.47. The fourth-order valence-corrected chi connectivity index (χ4v) is 4.13. The van der Waals surface area contributed by atoms with Crippen molar-refractivity contribution < 1.29 is 18.0 Å². The third-order valence-electron chi connectivity index (χ3n) is 5.39. The number of nitrogens with zero attached hydrogens (tertiary/aromatic N) is 4. The molecule has 3 atom stereocenters. The third kappa shape index (κ3) is 3.05. The minimum absolute atomic E-state index is 0.0527. The zero-order valence-electron chi connectivity index (χ0n) is 13.7. The van der Waals surface area contributed by atoms with E-state index in [0.29, 0.717) is 19.0 Å². The number of nitrogens with one attached hydrogen (secondary N) is 1. The summed E-state index contributed by atoms with van der Waals surface area (Å²) in [5.41, 5.74) is -0.846. The van der Waals surface area contributed by atoms with E-state index in [0.717, 1.165) is 44.7 Å². The van der Waals surface area contributed by atoms with Crippen LogP contribution in [0.4, 0.5) is 19.1 Å². The average molecular weight is 355 g/mol. The van der Waals surface area contributed by atoms with Crippen molar-refractivity contribution in [2.45, 2.75) is 37.5 Å². The Hall–Kier alpha value is -1.90. The topological polar surface area (TPSA) is 61.4 Å². The van der Waals surface area contributed by atoms with Gasteiger partial charge in [-0.2, -0.15) is 13.2 Å². The zero-order valence-corrected chi connectivity index (χ0v) is 13.7. The van der Waals surface area contributed by atoms with Crippen molar-refractivity contribution in [3.8, 4) is 0 Å². The maximum atomic E-state index is 12.8. The van der Waals surface area contributed by atoms with Crippen LogP contribution < -0.4 is 10.2 Å². The van der Waals surface area contributed by atoms with Gasteiger partial charge in [-0.3, -0.25) is 4.79 Å². The van der Waals surface area contributed by atoms with Gasteiger partial charge in [0.1, 0.15) is 0 Å². The number of halogens is 3. The van der Waals surface area contributed by atoms with Crippen LogP contribution in [0.2, 0.25) is 0 Å². The average Bonchev–Trinajstić information content (AvgIpc) is 3.20. The Labute approximate surface area is 143 Å². The second-order valence-corrected chi connectivity index (χ2v) is 6.99. The molecule has 2 unspecified atom stereocenters. The Morgan fingerprint density at radius 3 is 2.28 bits per heavy atom. The van der Waals surface area contributed by atoms with Crippen LogP contribution in [-0.2, 0) is 11.0 Å². The van der Waals surface area contributed by atoms with E-state index >= 15 is 0 Å². The fraction of sp³-hybridized carbons (Fsp3) is 0.688. The number of rotatable bonds is 2. The van der Waals surface area contributed by atoms with Crippen LogP contribution in [-0.4, -0.2) is 59.0 Å². The summed E-state index contributed by atoms with van der Waals surface area (Å²) in [5, 5.41) is 3.22. The van der Waals surface area contributed by atoms with Gasteiger partial charge in [0.05, 0.1) is 11.5 Å². The van der Waals surface area contributed by atoms with E-state index in [1.54, 1.807) is 0 Å². The fourth-order valence-electron chi connectivity index (χ4n) is 4.13. The first-order valence-corrected chi connectivity index (χ1v) is 8.60. The highest BCUT2D eigenvalue weighted by Gasteiger charge is 2.45. The number of anilines is 1. The van der Waals surface area contributed by atoms with Crippen molar-refractivity contribution in [3.63, 3.8) is 0 Å². The Bertz CT molecular complexity index is 630. The van der Waals surface area contributed by atoms with Crippen molar-refractivity contribution in [2.75, 3.05) is 31.1 Å². The number of carbonyl (C=O) groups is 1. The molecule has 4 heterocycles. The molecule has 1 amide bonds. The molecular formula is C16H20F3N5O. The van der Waals surface area contributed by atoms with Crippen molar-refractivity contribution in [1.29, 1.82) is 0 Å². The molecule has 136 valence electrons. The number of fused-ring (bicyclic) bond motifs is 2. The molecule has 0 aromatic carbocycles. The number of alkyl halides is 3. The molecule has 0 aliphatic carbocycles. The number of aromatic nitrogens is 2. The Kier molecular flexibility index (Phi) is 4.05. The summed E-state index contributed by atoms with van der Waals surface area (Å²) in [7, 11) is 0. The largest absolute Gasteiger partial charge is 0.419 e. The van der Waals surface area contributed by atoms with E-state index in [-0.39, 0.29) is 23.9 Å². The van der Waals surface area contributed by atoms with Crippen LogP contribution in [0.1, 0.15) is 24.8 Å². The molecule has 9 heteroatoms. The van der Waals surface area contributed by atoms with Crippen LogP contribution in [0.15, 0.2) is 12.4 Å². The van der Waals surface area contributed by atoms with Gasteiger partial charge >= 0.3 is 6.18 Å². The van der Waals surface area contributed by atoms with E-state index in [1.807, 2.05) is 9.80 Å². The summed E-state index contributed by atoms with van der Waals surface area (Å²) < 4.78 is 37.9. The molecule has 25 heavy (non-hydrogen) atoms. The lowest BCUT2D eigenvalue weighted by Crippen LogP contribution is -2.57. The summed E-state index contributed by atoms with van der Waals surface area (Å²) in [6, 6.07) is 0.190. The highest BCUT2D eigenvalue weighted by atomic mass is 19.4. The third-order valence-corrected chi connectivity index (χ3v) is 5.39. The van der Waals surface area contributed by atoms with E-state index in [9.17, 15) is 18.0 Å². The molecule has 0 spiro atoms. The molecule has 1 N–H and O–H groups in total. The quantitative estimate of drug-likeness (QED) is 0.866. The summed E-state index contributed by atoms with van der Waals surface area (Å²) in [5.74, 6) is 0.571. The Morgan fingerprint density at radius 1 is 1.12 bits per heavy atom. The van der Waals surface area contributed by atoms with Gasteiger partial charge in [0.25, 0.3) is 0 Å². The summed E-state index contributed by atoms with van der Waals surface area (Å²) in [6.07, 6.45) is -0.0577. The molecule has 3 aliphatic rings. The normalized spacial score (nSPS) is 29.3. The molecular weight excluding hydrogens is 335 g/mol. The highest BCUT2D eigenvalue weighted by Crippen LogP contribution is 2.34. The molecule has 3 saturated heterocycles. The summed E-state index contributed by atoms with van der Waals surface area (Å²) >= 11 is 0. The van der Waals surface area contributed by atoms with Gasteiger partial charge in [0.2, 0.25) is 11.9 Å². The molecule has 4 rings (SSSR count). The molecule has 2 bridgehead atoms. The second-order valence-electron chi connectivity index (χ2n) is 6.99. The van der Waals surface area contributed by atoms with Crippen molar-refractivity contribution >= 4 is 11.9 Å². The first kappa shape index (κ1) is 16.6. The molecule has 6 nitrogen and oxygen atoms in total. The first-order chi connectivity index (χ1) is 11.9. The molecule has 3 aliphatic heterocycles. The minimum Gasteiger partial charge on any atom is -0.337 e. The van der Waals surface area contributed by atoms with Gasteiger partial charge in [0.15, 0.2) is 0 Å². The van der Waals surface area contributed by atoms with Crippen molar-refractivity contribution in [1.82, 2.24) is 20.2 Å². The standard InChI is InChI=1S/C16H20F3N5O/c17-16(18,19)11-6-21-15(22-7-11)23-8-12-1-2-13(9-23)24(12)14(25)10-3-4-20-5-10/h6-7,10,12-13,20H,1-5,8-9H2/t10-,12?,13?/m0/s1. The van der Waals surface area contributed by atoms with Crippen LogP contribution in [0.5, 0.6) is 0 Å². The van der Waals surface area contributed by atoms with E-state index in [1.165, 1.54) is 0 Å². The van der Waals surface area contributed by atoms with Crippen molar-refractivity contribution in [2.24, 2.45) is 5.92 Å². The van der Waals surface area contributed by atoms with Crippen LogP contribution in [0.3, 0.4) is 0 Å². The number of hydrogen-bond donors (Lipinski definition) is 1. The molecule has 0 radical (unpaired) electrons. The van der Waals surface area contributed by atoms with Crippen LogP contribution >= 0.6 is 0 Å². The molecule has 3 fully saturated rings. The highest BCUT2D eigenvalue weighted by molar-refractivity contribution is 5.81. The lowest BCUT2D eigenvalue weighted by Gasteiger charge is -2.42. The van der Waals surface area contributed by atoms with Gasteiger partial charge in [-0.05, 0) is 25.8 Å². The van der Waals surface area contributed by atoms with Gasteiger partial charge < -0.3 is 15.1 Å². The second kappa shape index (κ2) is 6.12. The lowest BCUT2D eigenvalue weighted by molar-refractivity contribution is -0.139. The smallest absolute Gasteiger partial charge is 0.337 e. The van der Waals surface area contributed by atoms with Gasteiger partial charge in [-0.1, -0.05) is 0 Å². The lowest BCUT2D eigenvalue weighted by atomic mass is 10.0. The minimum atomic E-state index is -4.43. The van der Waals surface area contributed by atoms with Crippen LogP contribution in [0, 0.1) is 5.92 Å². The van der Waals surface area contributed by atoms with Gasteiger partial charge in [-0.25, -0.2) is 9.97 Å². The number of hydrogen-bond acceptors (Lipinski definition) is 5. The first-order valence-electron chi connectivity index (χ1n) is 8.60. The van der Waals surface area contributed by atoms with Crippen molar-refractivity contribution in [3.05, 3.63) is 18.0 Å². The summed E-state index contributed by atoms with van der Waals surface area (Å²) in [4.78, 5) is 24.5. The maximum Gasteiger partial charge on any atom is 0.419 e. The molecule has 1 aromatic heterocycles. The SMILES string of the molecule is O=C([C@H]1CCNC1)N1C2CCC1CN(c1ncc(C(F)(F)F)cn1)C2.